The fourth-order valence-electron chi connectivity index (χ4n) is 20.8. The summed E-state index contributed by atoms with van der Waals surface area (Å²) in [6.45, 7) is 18.6. The van der Waals surface area contributed by atoms with E-state index in [9.17, 15) is 0 Å². The Bertz CT molecular complexity index is 3620. The van der Waals surface area contributed by atoms with Crippen LogP contribution in [0.4, 0.5) is 0 Å². The van der Waals surface area contributed by atoms with Crippen LogP contribution in [0.1, 0.15) is 476 Å². The summed E-state index contributed by atoms with van der Waals surface area (Å²) in [6, 6.07) is 75.4. The highest BCUT2D eigenvalue weighted by Gasteiger charge is 2.18. The lowest BCUT2D eigenvalue weighted by Gasteiger charge is -2.21. The number of aryl methyl sites for hydroxylation is 13. The molecule has 0 unspecified atom stereocenters. The first-order chi connectivity index (χ1) is 67.1. The topological polar surface area (TPSA) is 27.7 Å². The van der Waals surface area contributed by atoms with Gasteiger partial charge in [0.05, 0.1) is 6.61 Å². The highest BCUT2D eigenvalue weighted by Crippen LogP contribution is 2.32. The first-order valence-electron chi connectivity index (χ1n) is 58.2. The molecular formula is C133H206O3. The van der Waals surface area contributed by atoms with Gasteiger partial charge in [0, 0.05) is 33.0 Å². The second-order valence-electron chi connectivity index (χ2n) is 43.1. The molecule has 4 saturated carbocycles. The molecule has 756 valence electrons. The minimum atomic E-state index is 0.747. The van der Waals surface area contributed by atoms with Gasteiger partial charge in [-0.3, -0.25) is 0 Å². The van der Waals surface area contributed by atoms with Crippen LogP contribution < -0.4 is 0 Å². The van der Waals surface area contributed by atoms with Gasteiger partial charge < -0.3 is 14.2 Å². The van der Waals surface area contributed by atoms with E-state index in [-0.39, 0.29) is 0 Å². The Morgan fingerprint density at radius 3 is 0.574 bits per heavy atom. The van der Waals surface area contributed by atoms with Crippen LogP contribution in [0, 0.1) is 65.2 Å². The van der Waals surface area contributed by atoms with Gasteiger partial charge in [-0.25, -0.2) is 0 Å². The van der Waals surface area contributed by atoms with Crippen molar-refractivity contribution in [3.8, 4) is 0 Å². The van der Waals surface area contributed by atoms with E-state index in [1.54, 1.807) is 0 Å². The van der Waals surface area contributed by atoms with Gasteiger partial charge >= 0.3 is 0 Å². The summed E-state index contributed by atoms with van der Waals surface area (Å²) in [5.41, 5.74) is 19.9. The molecule has 12 rings (SSSR count). The van der Waals surface area contributed by atoms with Crippen molar-refractivity contribution in [1.82, 2.24) is 0 Å². The van der Waals surface area contributed by atoms with Crippen molar-refractivity contribution < 1.29 is 14.2 Å². The summed E-state index contributed by atoms with van der Waals surface area (Å²) in [4.78, 5) is 0. The summed E-state index contributed by atoms with van der Waals surface area (Å²) in [5.74, 6) is 3.93. The van der Waals surface area contributed by atoms with Gasteiger partial charge in [-0.1, -0.05) is 548 Å². The quantitative estimate of drug-likeness (QED) is 0.0356. The normalized spacial score (nSPS) is 14.0. The lowest BCUT2D eigenvalue weighted by atomic mass is 9.85. The summed E-state index contributed by atoms with van der Waals surface area (Å²) in [6.07, 6.45) is 96.5. The molecule has 8 aromatic rings. The number of benzene rings is 8. The first kappa shape index (κ1) is 117. The molecule has 3 heteroatoms. The molecule has 4 aliphatic rings. The molecule has 0 spiro atoms. The predicted molar refractivity (Wildman–Crippen MR) is 597 cm³/mol. The molecule has 4 aliphatic carbocycles. The molecule has 0 bridgehead atoms. The Balaban J connectivity index is 0.000000222. The monoisotopic (exact) mass is 1850 g/mol. The van der Waals surface area contributed by atoms with Crippen molar-refractivity contribution in [1.29, 1.82) is 0 Å². The lowest BCUT2D eigenvalue weighted by molar-refractivity contribution is 0.0824. The van der Waals surface area contributed by atoms with Gasteiger partial charge in [-0.2, -0.15) is 0 Å². The number of hydrogen-bond acceptors (Lipinski definition) is 3. The van der Waals surface area contributed by atoms with Gasteiger partial charge in [0.15, 0.2) is 0 Å². The number of hydrogen-bond donors (Lipinski definition) is 0. The Hall–Kier alpha value is -6.36. The van der Waals surface area contributed by atoms with E-state index in [1.165, 1.54) is 521 Å². The molecule has 0 heterocycles. The molecule has 0 aromatic heterocycles. The number of rotatable bonds is 66. The Kier molecular flexibility index (Phi) is 70.5. The fourth-order valence-corrected chi connectivity index (χ4v) is 20.8. The van der Waals surface area contributed by atoms with E-state index in [2.05, 4.69) is 242 Å². The molecule has 0 atom stereocenters. The Morgan fingerprint density at radius 2 is 0.338 bits per heavy atom. The zero-order chi connectivity index (χ0) is 95.6. The molecule has 0 saturated heterocycles. The van der Waals surface area contributed by atoms with E-state index in [1.807, 2.05) is 6.07 Å². The highest BCUT2D eigenvalue weighted by atomic mass is 16.5. The van der Waals surface area contributed by atoms with Crippen LogP contribution >= 0.6 is 0 Å². The number of ether oxygens (including phenoxy) is 3. The molecule has 0 radical (unpaired) electrons. The third-order valence-electron chi connectivity index (χ3n) is 30.1. The van der Waals surface area contributed by atoms with Crippen LogP contribution in [0.2, 0.25) is 0 Å². The van der Waals surface area contributed by atoms with Crippen molar-refractivity contribution >= 4 is 0 Å². The molecule has 0 aliphatic heterocycles. The van der Waals surface area contributed by atoms with Crippen molar-refractivity contribution in [3.05, 3.63) is 284 Å². The summed E-state index contributed by atoms with van der Waals surface area (Å²) in [5, 5.41) is 0. The van der Waals surface area contributed by atoms with Gasteiger partial charge in [-0.15, -0.1) is 0 Å². The summed E-state index contributed by atoms with van der Waals surface area (Å²) < 4.78 is 17.4. The minimum absolute atomic E-state index is 0.747. The highest BCUT2D eigenvalue weighted by molar-refractivity contribution is 5.26. The smallest absolute Gasteiger partial charge is 0.0716 e. The van der Waals surface area contributed by atoms with E-state index < -0.39 is 0 Å². The van der Waals surface area contributed by atoms with Crippen molar-refractivity contribution in [2.75, 3.05) is 33.0 Å². The zero-order valence-electron chi connectivity index (χ0n) is 89.2. The van der Waals surface area contributed by atoms with Crippen molar-refractivity contribution in [2.45, 2.75) is 491 Å². The molecule has 0 amide bonds. The van der Waals surface area contributed by atoms with Crippen LogP contribution in [-0.2, 0) is 65.8 Å². The van der Waals surface area contributed by atoms with E-state index in [0.717, 1.165) is 63.3 Å². The van der Waals surface area contributed by atoms with E-state index in [4.69, 9.17) is 14.2 Å². The van der Waals surface area contributed by atoms with E-state index in [0.29, 0.717) is 0 Å². The largest absolute Gasteiger partial charge is 0.381 e. The van der Waals surface area contributed by atoms with Crippen LogP contribution in [-0.4, -0.2) is 33.0 Å². The van der Waals surface area contributed by atoms with Crippen LogP contribution in [0.25, 0.3) is 0 Å². The summed E-state index contributed by atoms with van der Waals surface area (Å²) >= 11 is 0. The predicted octanol–water partition coefficient (Wildman–Crippen LogP) is 40.4. The maximum Gasteiger partial charge on any atom is 0.0716 e. The van der Waals surface area contributed by atoms with Crippen LogP contribution in [0.3, 0.4) is 0 Å². The van der Waals surface area contributed by atoms with Crippen LogP contribution in [0.15, 0.2) is 206 Å². The molecule has 3 nitrogen and oxygen atoms in total. The Labute approximate surface area is 840 Å². The molecule has 0 N–H and O–H groups in total. The van der Waals surface area contributed by atoms with E-state index >= 15 is 0 Å². The lowest BCUT2D eigenvalue weighted by Crippen LogP contribution is -2.13. The maximum absolute atomic E-state index is 5.87. The molecule has 8 aromatic carbocycles. The van der Waals surface area contributed by atoms with Gasteiger partial charge in [0.2, 0.25) is 0 Å². The van der Waals surface area contributed by atoms with Gasteiger partial charge in [-0.05, 0) is 245 Å². The van der Waals surface area contributed by atoms with Crippen molar-refractivity contribution in [2.24, 2.45) is 23.7 Å². The second-order valence-corrected chi connectivity index (χ2v) is 43.1. The second kappa shape index (κ2) is 82.2. The average molecular weight is 1850 g/mol. The van der Waals surface area contributed by atoms with Crippen molar-refractivity contribution in [3.63, 3.8) is 0 Å². The SMILES string of the molecule is Cc1ccc(CCCCCCCCCCC2CCCC2)cc1.Cc1ccc(CCCCCCCCCCC2CCCCC2)cc1.Cc1ccc(CCCCCCCCCCc2ccccc2)cc1.Cc1ccc(CCCCCCCCOCC2CCCC2)cc1.Cc1ccc(CCCCCCCCOCC2CCCCC2)cc1.Cc1ccc(CCCCCCCCOCc2ccccc2)cc1. The molecule has 136 heavy (non-hydrogen) atoms. The van der Waals surface area contributed by atoms with Crippen LogP contribution in [0.5, 0.6) is 0 Å². The zero-order valence-corrected chi connectivity index (χ0v) is 89.2. The first-order valence-corrected chi connectivity index (χ1v) is 58.2. The third kappa shape index (κ3) is 64.9. The van der Waals surface area contributed by atoms with Gasteiger partial charge in [0.1, 0.15) is 0 Å². The Morgan fingerprint density at radius 1 is 0.162 bits per heavy atom. The minimum Gasteiger partial charge on any atom is -0.381 e. The standard InChI is InChI=1S/C23H38.C23H32.C22H36O.C22H30O.C22H36.C21H34O/c2*1-21-17-19-23(20-18-21)16-10-7-5-3-2-4-6-9-13-22-14-11-8-12-15-22;2*1-20-14-16-21(17-15-20)11-7-4-2-3-5-10-18-23-19-22-12-8-6-9-13-22;1-20-16-18-22(19-17-20)13-9-7-5-3-2-4-6-8-12-21-14-10-11-15-21;1-19-13-15-20(16-14-19)10-6-4-2-3-5-9-17-22-18-21-11-7-8-12-21/h17-20,22H,2-16H2,1H3;8,11-12,14-15,17-20H,2-7,9-10,13,16H2,1H3;14-17,22H,2-13,18-19H2,1H3;6,8-9,12-17H,2-5,7,10-11,18-19H2,1H3;16-19,21H,2-15H2,1H3;13-16,21H,2-12,17-18H2,1H3. The fraction of sp³-hybridized carbons (Fsp3) is 0.639. The molecule has 4 fully saturated rings. The number of unbranched alkanes of at least 4 members (excludes halogenated alkanes) is 36. The van der Waals surface area contributed by atoms with Gasteiger partial charge in [0.25, 0.3) is 0 Å². The summed E-state index contributed by atoms with van der Waals surface area (Å²) in [7, 11) is 0. The third-order valence-corrected chi connectivity index (χ3v) is 30.1. The maximum atomic E-state index is 5.87. The molecular weight excluding hydrogens is 1650 g/mol. The average Bonchev–Trinajstić information content (AvgIpc) is 1.29.